The van der Waals surface area contributed by atoms with Crippen molar-refractivity contribution in [3.63, 3.8) is 0 Å². The molecule has 0 atom stereocenters. The Morgan fingerprint density at radius 3 is 2.74 bits per heavy atom. The van der Waals surface area contributed by atoms with Gasteiger partial charge in [-0.05, 0) is 17.7 Å². The first-order valence-electron chi connectivity index (χ1n) is 7.11. The van der Waals surface area contributed by atoms with Crippen molar-refractivity contribution >= 4 is 33.3 Å². The van der Waals surface area contributed by atoms with Crippen LogP contribution < -0.4 is 10.6 Å². The zero-order valence-electron chi connectivity index (χ0n) is 12.5. The molecule has 0 saturated heterocycles. The van der Waals surface area contributed by atoms with Crippen LogP contribution in [0.15, 0.2) is 36.0 Å². The molecule has 0 aliphatic heterocycles. The highest BCUT2D eigenvalue weighted by Gasteiger charge is 2.12. The normalized spacial score (nSPS) is 10.7. The van der Waals surface area contributed by atoms with Gasteiger partial charge in [0, 0.05) is 31.0 Å². The van der Waals surface area contributed by atoms with Crippen molar-refractivity contribution in [2.24, 2.45) is 0 Å². The molecule has 0 aliphatic carbocycles. The summed E-state index contributed by atoms with van der Waals surface area (Å²) >= 11 is 1.52. The Morgan fingerprint density at radius 1 is 1.22 bits per heavy atom. The van der Waals surface area contributed by atoms with Gasteiger partial charge in [0.05, 0.1) is 5.39 Å². The lowest BCUT2D eigenvalue weighted by Gasteiger charge is -2.08. The Morgan fingerprint density at radius 2 is 2.00 bits per heavy atom. The molecule has 1 aromatic carbocycles. The summed E-state index contributed by atoms with van der Waals surface area (Å²) in [5.41, 5.74) is 1.88. The molecule has 0 bridgehead atoms. The Kier molecular flexibility index (Phi) is 4.47. The summed E-state index contributed by atoms with van der Waals surface area (Å²) in [4.78, 5) is 20.3. The van der Waals surface area contributed by atoms with Crippen molar-refractivity contribution in [2.45, 2.75) is 6.92 Å². The summed E-state index contributed by atoms with van der Waals surface area (Å²) in [6, 6.07) is 6.36. The van der Waals surface area contributed by atoms with Crippen LogP contribution in [0.25, 0.3) is 21.3 Å². The van der Waals surface area contributed by atoms with E-state index in [9.17, 15) is 9.18 Å². The van der Waals surface area contributed by atoms with Crippen LogP contribution in [0.3, 0.4) is 0 Å². The number of thiophene rings is 1. The second-order valence-corrected chi connectivity index (χ2v) is 5.83. The van der Waals surface area contributed by atoms with E-state index in [2.05, 4.69) is 20.6 Å². The van der Waals surface area contributed by atoms with E-state index >= 15 is 0 Å². The third-order valence-electron chi connectivity index (χ3n) is 3.32. The van der Waals surface area contributed by atoms with Crippen molar-refractivity contribution in [1.29, 1.82) is 0 Å². The zero-order valence-corrected chi connectivity index (χ0v) is 13.3. The number of halogens is 1. The van der Waals surface area contributed by atoms with Crippen molar-refractivity contribution in [2.75, 3.05) is 18.4 Å². The van der Waals surface area contributed by atoms with E-state index in [1.54, 1.807) is 12.1 Å². The Hall–Kier alpha value is -2.54. The highest BCUT2D eigenvalue weighted by molar-refractivity contribution is 7.17. The van der Waals surface area contributed by atoms with Crippen LogP contribution >= 0.6 is 11.3 Å². The van der Waals surface area contributed by atoms with Crippen molar-refractivity contribution in [3.8, 4) is 11.1 Å². The largest absolute Gasteiger partial charge is 0.368 e. The van der Waals surface area contributed by atoms with Gasteiger partial charge in [-0.1, -0.05) is 12.1 Å². The zero-order chi connectivity index (χ0) is 16.2. The number of carbonyl (C=O) groups excluding carboxylic acids is 1. The van der Waals surface area contributed by atoms with Crippen LogP contribution in [0.4, 0.5) is 10.2 Å². The van der Waals surface area contributed by atoms with Crippen LogP contribution in [0.5, 0.6) is 0 Å². The summed E-state index contributed by atoms with van der Waals surface area (Å²) in [6.45, 7) is 2.55. The van der Waals surface area contributed by atoms with Gasteiger partial charge in [-0.2, -0.15) is 0 Å². The lowest BCUT2D eigenvalue weighted by Crippen LogP contribution is -2.26. The van der Waals surface area contributed by atoms with E-state index in [4.69, 9.17) is 0 Å². The van der Waals surface area contributed by atoms with Crippen molar-refractivity contribution < 1.29 is 9.18 Å². The average molecular weight is 330 g/mol. The molecule has 23 heavy (non-hydrogen) atoms. The summed E-state index contributed by atoms with van der Waals surface area (Å²) in [5, 5.41) is 8.84. The maximum Gasteiger partial charge on any atom is 0.216 e. The standard InChI is InChI=1S/C16H15FN4OS/c1-10(22)18-6-7-19-15-14-13(8-23-16(14)21-9-20-15)11-2-4-12(17)5-3-11/h2-5,8-9H,6-7H2,1H3,(H,18,22)(H,19,20,21). The van der Waals surface area contributed by atoms with Gasteiger partial charge in [0.25, 0.3) is 0 Å². The van der Waals surface area contributed by atoms with Gasteiger partial charge in [-0.3, -0.25) is 4.79 Å². The fourth-order valence-electron chi connectivity index (χ4n) is 2.27. The van der Waals surface area contributed by atoms with E-state index in [-0.39, 0.29) is 11.7 Å². The van der Waals surface area contributed by atoms with E-state index in [1.807, 2.05) is 5.38 Å². The van der Waals surface area contributed by atoms with Gasteiger partial charge in [-0.25, -0.2) is 14.4 Å². The first kappa shape index (κ1) is 15.4. The molecule has 3 aromatic rings. The molecular weight excluding hydrogens is 315 g/mol. The van der Waals surface area contributed by atoms with E-state index in [1.165, 1.54) is 36.7 Å². The number of anilines is 1. The molecule has 0 saturated carbocycles. The van der Waals surface area contributed by atoms with E-state index in [0.29, 0.717) is 18.9 Å². The summed E-state index contributed by atoms with van der Waals surface area (Å²) < 4.78 is 13.1. The molecule has 0 radical (unpaired) electrons. The number of fused-ring (bicyclic) bond motifs is 1. The topological polar surface area (TPSA) is 66.9 Å². The molecule has 3 rings (SSSR count). The van der Waals surface area contributed by atoms with Gasteiger partial charge in [0.1, 0.15) is 22.8 Å². The fourth-order valence-corrected chi connectivity index (χ4v) is 3.19. The highest BCUT2D eigenvalue weighted by Crippen LogP contribution is 2.36. The Labute approximate surface area is 136 Å². The van der Waals surface area contributed by atoms with Gasteiger partial charge >= 0.3 is 0 Å². The van der Waals surface area contributed by atoms with Gasteiger partial charge in [0.2, 0.25) is 5.91 Å². The molecule has 0 unspecified atom stereocenters. The average Bonchev–Trinajstić information content (AvgIpc) is 2.97. The Balaban J connectivity index is 1.91. The number of benzene rings is 1. The molecule has 2 N–H and O–H groups in total. The summed E-state index contributed by atoms with van der Waals surface area (Å²) in [7, 11) is 0. The molecule has 0 fully saturated rings. The monoisotopic (exact) mass is 330 g/mol. The smallest absolute Gasteiger partial charge is 0.216 e. The van der Waals surface area contributed by atoms with Crippen LogP contribution in [0, 0.1) is 5.82 Å². The van der Waals surface area contributed by atoms with E-state index in [0.717, 1.165) is 21.3 Å². The SMILES string of the molecule is CC(=O)NCCNc1ncnc2scc(-c3ccc(F)cc3)c12. The van der Waals surface area contributed by atoms with Crippen LogP contribution in [0.1, 0.15) is 6.92 Å². The highest BCUT2D eigenvalue weighted by atomic mass is 32.1. The van der Waals surface area contributed by atoms with Crippen molar-refractivity contribution in [3.05, 3.63) is 41.8 Å². The summed E-state index contributed by atoms with van der Waals surface area (Å²) in [6.07, 6.45) is 1.51. The number of nitrogens with one attached hydrogen (secondary N) is 2. The lowest BCUT2D eigenvalue weighted by molar-refractivity contribution is -0.118. The quantitative estimate of drug-likeness (QED) is 0.706. The molecule has 7 heteroatoms. The van der Waals surface area contributed by atoms with E-state index < -0.39 is 0 Å². The van der Waals surface area contributed by atoms with Gasteiger partial charge in [0.15, 0.2) is 0 Å². The van der Waals surface area contributed by atoms with Crippen molar-refractivity contribution in [1.82, 2.24) is 15.3 Å². The molecule has 5 nitrogen and oxygen atoms in total. The molecule has 0 spiro atoms. The van der Waals surface area contributed by atoms with Crippen LogP contribution in [0.2, 0.25) is 0 Å². The predicted octanol–water partition coefficient (Wildman–Crippen LogP) is 3.05. The third kappa shape index (κ3) is 3.45. The number of hydrogen-bond donors (Lipinski definition) is 2. The second kappa shape index (κ2) is 6.70. The fraction of sp³-hybridized carbons (Fsp3) is 0.188. The number of nitrogens with zero attached hydrogens (tertiary/aromatic N) is 2. The third-order valence-corrected chi connectivity index (χ3v) is 4.20. The van der Waals surface area contributed by atoms with Gasteiger partial charge < -0.3 is 10.6 Å². The minimum absolute atomic E-state index is 0.0674. The first-order valence-corrected chi connectivity index (χ1v) is 7.99. The van der Waals surface area contributed by atoms with Crippen LogP contribution in [-0.2, 0) is 4.79 Å². The minimum atomic E-state index is -0.266. The first-order chi connectivity index (χ1) is 11.1. The molecule has 2 heterocycles. The lowest BCUT2D eigenvalue weighted by atomic mass is 10.1. The number of rotatable bonds is 5. The maximum atomic E-state index is 13.1. The van der Waals surface area contributed by atoms with Gasteiger partial charge in [-0.15, -0.1) is 11.3 Å². The molecule has 0 aliphatic rings. The van der Waals surface area contributed by atoms with Crippen LogP contribution in [-0.4, -0.2) is 29.0 Å². The minimum Gasteiger partial charge on any atom is -0.368 e. The molecular formula is C16H15FN4OS. The number of amides is 1. The Bertz CT molecular complexity index is 832. The number of hydrogen-bond acceptors (Lipinski definition) is 5. The molecule has 1 amide bonds. The summed E-state index contributed by atoms with van der Waals surface area (Å²) in [5.74, 6) is 0.376. The second-order valence-electron chi connectivity index (χ2n) is 4.97. The number of aromatic nitrogens is 2. The maximum absolute atomic E-state index is 13.1. The molecule has 2 aromatic heterocycles. The number of carbonyl (C=O) groups is 1. The predicted molar refractivity (Wildman–Crippen MR) is 90.0 cm³/mol. The molecule has 118 valence electrons.